The summed E-state index contributed by atoms with van der Waals surface area (Å²) in [6.45, 7) is 0. The molecule has 1 heterocycles. The molecule has 0 bridgehead atoms. The first-order valence-electron chi connectivity index (χ1n) is 4.92. The van der Waals surface area contributed by atoms with Gasteiger partial charge in [0.15, 0.2) is 16.6 Å². The number of methoxy groups -OCH3 is 1. The predicted octanol–water partition coefficient (Wildman–Crippen LogP) is 1.35. The predicted molar refractivity (Wildman–Crippen MR) is 79.2 cm³/mol. The zero-order chi connectivity index (χ0) is 13.3. The van der Waals surface area contributed by atoms with Crippen molar-refractivity contribution in [2.24, 2.45) is 0 Å². The van der Waals surface area contributed by atoms with E-state index < -0.39 is 0 Å². The van der Waals surface area contributed by atoms with E-state index in [0.29, 0.717) is 15.0 Å². The molecule has 1 amide bonds. The van der Waals surface area contributed by atoms with E-state index in [9.17, 15) is 9.90 Å². The van der Waals surface area contributed by atoms with E-state index in [-0.39, 0.29) is 16.8 Å². The van der Waals surface area contributed by atoms with E-state index >= 15 is 0 Å². The zero-order valence-corrected chi connectivity index (χ0v) is 12.3. The topological polar surface area (TPSA) is 70.6 Å². The van der Waals surface area contributed by atoms with Gasteiger partial charge in [-0.05, 0) is 58.6 Å². The number of carbonyl (C=O) groups excluding carboxylic acids is 1. The third kappa shape index (κ3) is 2.56. The van der Waals surface area contributed by atoms with Crippen LogP contribution in [0, 0.1) is 3.57 Å². The van der Waals surface area contributed by atoms with E-state index in [2.05, 4.69) is 10.6 Å². The molecule has 18 heavy (non-hydrogen) atoms. The number of halogens is 1. The molecule has 0 aliphatic carbocycles. The van der Waals surface area contributed by atoms with Gasteiger partial charge in [0, 0.05) is 0 Å². The molecule has 2 rings (SSSR count). The van der Waals surface area contributed by atoms with E-state index in [0.717, 1.165) is 5.56 Å². The molecule has 0 spiro atoms. The smallest absolute Gasteiger partial charge is 0.273 e. The Morgan fingerprint density at radius 3 is 2.72 bits per heavy atom. The first kappa shape index (κ1) is 13.1. The van der Waals surface area contributed by atoms with Crippen LogP contribution in [-0.2, 0) is 4.79 Å². The Morgan fingerprint density at radius 2 is 2.17 bits per heavy atom. The van der Waals surface area contributed by atoms with Crippen molar-refractivity contribution in [2.45, 2.75) is 0 Å². The van der Waals surface area contributed by atoms with Crippen molar-refractivity contribution in [3.63, 3.8) is 0 Å². The molecule has 1 aromatic rings. The van der Waals surface area contributed by atoms with Crippen LogP contribution in [0.15, 0.2) is 17.8 Å². The van der Waals surface area contributed by atoms with Crippen molar-refractivity contribution in [2.75, 3.05) is 7.11 Å². The summed E-state index contributed by atoms with van der Waals surface area (Å²) < 4.78 is 5.69. The fourth-order valence-electron chi connectivity index (χ4n) is 1.48. The van der Waals surface area contributed by atoms with Crippen LogP contribution in [0.4, 0.5) is 0 Å². The lowest BCUT2D eigenvalue weighted by Crippen LogP contribution is -2.21. The first-order valence-corrected chi connectivity index (χ1v) is 6.40. The summed E-state index contributed by atoms with van der Waals surface area (Å²) in [5.74, 6) is 0.163. The summed E-state index contributed by atoms with van der Waals surface area (Å²) in [4.78, 5) is 11.5. The van der Waals surface area contributed by atoms with Crippen molar-refractivity contribution in [3.05, 3.63) is 27.0 Å². The van der Waals surface area contributed by atoms with Crippen LogP contribution >= 0.6 is 34.8 Å². The van der Waals surface area contributed by atoms with Gasteiger partial charge < -0.3 is 15.2 Å². The molecular formula is C11H9IN2O3S. The number of nitrogens with one attached hydrogen (secondary N) is 2. The highest BCUT2D eigenvalue weighted by molar-refractivity contribution is 14.1. The fourth-order valence-corrected chi connectivity index (χ4v) is 2.31. The molecule has 1 saturated heterocycles. The second-order valence-electron chi connectivity index (χ2n) is 3.52. The molecule has 0 unspecified atom stereocenters. The average Bonchev–Trinajstić information content (AvgIpc) is 2.62. The number of phenols is 1. The van der Waals surface area contributed by atoms with Crippen molar-refractivity contribution >= 4 is 51.9 Å². The molecule has 0 saturated carbocycles. The minimum atomic E-state index is -0.276. The average molecular weight is 376 g/mol. The molecule has 0 radical (unpaired) electrons. The summed E-state index contributed by atoms with van der Waals surface area (Å²) in [7, 11) is 1.47. The molecule has 94 valence electrons. The number of aromatic hydroxyl groups is 1. The summed E-state index contributed by atoms with van der Waals surface area (Å²) >= 11 is 6.82. The number of benzene rings is 1. The van der Waals surface area contributed by atoms with E-state index in [1.54, 1.807) is 18.2 Å². The molecule has 1 fully saturated rings. The number of amides is 1. The summed E-state index contributed by atoms with van der Waals surface area (Å²) in [5.41, 5.74) is 1.10. The van der Waals surface area contributed by atoms with E-state index in [1.807, 2.05) is 22.6 Å². The summed E-state index contributed by atoms with van der Waals surface area (Å²) in [6.07, 6.45) is 1.64. The SMILES string of the molecule is COc1cc(/C=C2/NC(=S)NC2=O)cc(I)c1O. The van der Waals surface area contributed by atoms with Gasteiger partial charge in [0.1, 0.15) is 5.70 Å². The van der Waals surface area contributed by atoms with Gasteiger partial charge in [-0.15, -0.1) is 0 Å². The molecule has 0 atom stereocenters. The highest BCUT2D eigenvalue weighted by Crippen LogP contribution is 2.33. The van der Waals surface area contributed by atoms with Crippen LogP contribution in [0.3, 0.4) is 0 Å². The van der Waals surface area contributed by atoms with E-state index in [4.69, 9.17) is 17.0 Å². The van der Waals surface area contributed by atoms with Crippen molar-refractivity contribution in [3.8, 4) is 11.5 Å². The van der Waals surface area contributed by atoms with Gasteiger partial charge >= 0.3 is 0 Å². The van der Waals surface area contributed by atoms with Gasteiger partial charge in [0.2, 0.25) is 0 Å². The summed E-state index contributed by atoms with van der Waals surface area (Å²) in [6, 6.07) is 3.38. The van der Waals surface area contributed by atoms with Gasteiger partial charge in [-0.1, -0.05) is 0 Å². The maximum absolute atomic E-state index is 11.5. The first-order chi connectivity index (χ1) is 8.51. The molecule has 3 N–H and O–H groups in total. The van der Waals surface area contributed by atoms with Crippen LogP contribution in [0.2, 0.25) is 0 Å². The monoisotopic (exact) mass is 376 g/mol. The quantitative estimate of drug-likeness (QED) is 0.413. The van der Waals surface area contributed by atoms with Gasteiger partial charge in [-0.3, -0.25) is 10.1 Å². The lowest BCUT2D eigenvalue weighted by atomic mass is 10.1. The Balaban J connectivity index is 2.41. The number of phenolic OH excluding ortho intramolecular Hbond substituents is 1. The number of ether oxygens (including phenoxy) is 1. The van der Waals surface area contributed by atoms with Crippen LogP contribution in [0.5, 0.6) is 11.5 Å². The van der Waals surface area contributed by atoms with Gasteiger partial charge in [0.25, 0.3) is 5.91 Å². The van der Waals surface area contributed by atoms with Crippen molar-refractivity contribution in [1.29, 1.82) is 0 Å². The molecule has 1 aromatic carbocycles. The minimum absolute atomic E-state index is 0.0830. The number of hydrogen-bond donors (Lipinski definition) is 3. The molecule has 5 nitrogen and oxygen atoms in total. The molecule has 1 aliphatic rings. The van der Waals surface area contributed by atoms with Crippen LogP contribution in [0.25, 0.3) is 6.08 Å². The Kier molecular flexibility index (Phi) is 3.71. The molecule has 7 heteroatoms. The number of rotatable bonds is 2. The molecular weight excluding hydrogens is 367 g/mol. The van der Waals surface area contributed by atoms with Gasteiger partial charge in [-0.25, -0.2) is 0 Å². The Labute approximate surface area is 122 Å². The highest BCUT2D eigenvalue weighted by Gasteiger charge is 2.20. The van der Waals surface area contributed by atoms with Crippen LogP contribution in [-0.4, -0.2) is 23.2 Å². The normalized spacial score (nSPS) is 16.7. The highest BCUT2D eigenvalue weighted by atomic mass is 127. The van der Waals surface area contributed by atoms with Crippen LogP contribution < -0.4 is 15.4 Å². The Bertz CT molecular complexity index is 572. The van der Waals surface area contributed by atoms with Crippen molar-refractivity contribution < 1.29 is 14.6 Å². The lowest BCUT2D eigenvalue weighted by molar-refractivity contribution is -0.115. The second kappa shape index (κ2) is 5.11. The molecule has 1 aliphatic heterocycles. The summed E-state index contributed by atoms with van der Waals surface area (Å²) in [5, 5.41) is 15.2. The van der Waals surface area contributed by atoms with Gasteiger partial charge in [-0.2, -0.15) is 0 Å². The number of hydrogen-bond acceptors (Lipinski definition) is 4. The number of carbonyl (C=O) groups is 1. The lowest BCUT2D eigenvalue weighted by Gasteiger charge is -2.07. The third-order valence-corrected chi connectivity index (χ3v) is 3.33. The van der Waals surface area contributed by atoms with Gasteiger partial charge in [0.05, 0.1) is 10.7 Å². The minimum Gasteiger partial charge on any atom is -0.504 e. The number of thiocarbonyl (C=S) groups is 1. The second-order valence-corrected chi connectivity index (χ2v) is 5.09. The third-order valence-electron chi connectivity index (χ3n) is 2.30. The van der Waals surface area contributed by atoms with Crippen LogP contribution in [0.1, 0.15) is 5.56 Å². The largest absolute Gasteiger partial charge is 0.504 e. The maximum Gasteiger partial charge on any atom is 0.273 e. The Hall–Kier alpha value is -1.35. The standard InChI is InChI=1S/C11H9IN2O3S/c1-17-8-4-5(2-6(12)9(8)15)3-7-10(16)14-11(18)13-7/h2-4,15H,1H3,(H2,13,14,16,18)/b7-3+. The van der Waals surface area contributed by atoms with E-state index in [1.165, 1.54) is 7.11 Å². The molecule has 0 aromatic heterocycles. The fraction of sp³-hybridized carbons (Fsp3) is 0.0909. The zero-order valence-electron chi connectivity index (χ0n) is 9.28. The Morgan fingerprint density at radius 1 is 1.44 bits per heavy atom. The van der Waals surface area contributed by atoms with Crippen molar-refractivity contribution in [1.82, 2.24) is 10.6 Å². The maximum atomic E-state index is 11.5.